The molecule has 6 nitrogen and oxygen atoms in total. The molecule has 0 bridgehead atoms. The minimum absolute atomic E-state index is 0.675. The summed E-state index contributed by atoms with van der Waals surface area (Å²) in [4.78, 5) is 8.72. The lowest BCUT2D eigenvalue weighted by atomic mass is 10.1. The van der Waals surface area contributed by atoms with Crippen LogP contribution < -0.4 is 11.3 Å². The van der Waals surface area contributed by atoms with Gasteiger partial charge >= 0.3 is 0 Å². The van der Waals surface area contributed by atoms with Gasteiger partial charge in [0.1, 0.15) is 5.82 Å². The fourth-order valence-electron chi connectivity index (χ4n) is 2.50. The maximum Gasteiger partial charge on any atom is 0.158 e. The largest absolute Gasteiger partial charge is 0.308 e. The van der Waals surface area contributed by atoms with Crippen molar-refractivity contribution in [2.75, 3.05) is 5.43 Å². The van der Waals surface area contributed by atoms with Crippen LogP contribution in [0.3, 0.4) is 0 Å². The first-order valence-electron chi connectivity index (χ1n) is 7.18. The molecule has 0 saturated carbocycles. The molecule has 0 aliphatic carbocycles. The number of rotatable bonds is 3. The standard InChI is InChI=1S/C17H14N6/c18-21-17-10-14(12-4-2-1-3-5-12)20-16-11-15(22-23(16)17)13-6-8-19-9-7-13/h1-11,21H,18H2. The first-order chi connectivity index (χ1) is 11.3. The van der Waals surface area contributed by atoms with Crippen molar-refractivity contribution >= 4 is 11.5 Å². The Kier molecular flexibility index (Phi) is 3.21. The summed E-state index contributed by atoms with van der Waals surface area (Å²) in [7, 11) is 0. The Balaban J connectivity index is 1.90. The molecule has 4 aromatic rings. The fourth-order valence-corrected chi connectivity index (χ4v) is 2.50. The van der Waals surface area contributed by atoms with Gasteiger partial charge in [-0.2, -0.15) is 9.61 Å². The lowest BCUT2D eigenvalue weighted by Gasteiger charge is -2.07. The van der Waals surface area contributed by atoms with Crippen molar-refractivity contribution < 1.29 is 0 Å². The lowest BCUT2D eigenvalue weighted by Crippen LogP contribution is -2.12. The molecule has 0 aliphatic rings. The molecule has 0 saturated heterocycles. The fraction of sp³-hybridized carbons (Fsp3) is 0. The third kappa shape index (κ3) is 2.41. The third-order valence-corrected chi connectivity index (χ3v) is 3.62. The molecule has 3 heterocycles. The van der Waals surface area contributed by atoms with E-state index < -0.39 is 0 Å². The second-order valence-corrected chi connectivity index (χ2v) is 5.07. The van der Waals surface area contributed by atoms with E-state index in [2.05, 4.69) is 20.5 Å². The highest BCUT2D eigenvalue weighted by molar-refractivity contribution is 5.70. The van der Waals surface area contributed by atoms with Crippen LogP contribution in [0.15, 0.2) is 67.0 Å². The Morgan fingerprint density at radius 3 is 2.35 bits per heavy atom. The smallest absolute Gasteiger partial charge is 0.158 e. The van der Waals surface area contributed by atoms with Crippen molar-refractivity contribution in [3.63, 3.8) is 0 Å². The number of pyridine rings is 1. The number of hydrazine groups is 1. The number of nitrogens with two attached hydrogens (primary N) is 1. The van der Waals surface area contributed by atoms with Gasteiger partial charge in [-0.25, -0.2) is 10.8 Å². The van der Waals surface area contributed by atoms with Crippen molar-refractivity contribution in [2.24, 2.45) is 5.84 Å². The number of nitrogens with zero attached hydrogens (tertiary/aromatic N) is 4. The van der Waals surface area contributed by atoms with Crippen LogP contribution in [-0.4, -0.2) is 19.6 Å². The van der Waals surface area contributed by atoms with E-state index in [1.54, 1.807) is 16.9 Å². The van der Waals surface area contributed by atoms with E-state index in [4.69, 9.17) is 5.84 Å². The number of benzene rings is 1. The summed E-state index contributed by atoms with van der Waals surface area (Å²) in [5, 5.41) is 4.57. The van der Waals surface area contributed by atoms with Crippen LogP contribution in [0.1, 0.15) is 0 Å². The maximum atomic E-state index is 5.66. The average Bonchev–Trinajstić information content (AvgIpc) is 3.06. The Bertz CT molecular complexity index is 947. The van der Waals surface area contributed by atoms with Crippen LogP contribution in [0, 0.1) is 0 Å². The van der Waals surface area contributed by atoms with E-state index in [0.717, 1.165) is 28.2 Å². The molecular formula is C17H14N6. The molecule has 3 N–H and O–H groups in total. The van der Waals surface area contributed by atoms with Crippen molar-refractivity contribution in [1.82, 2.24) is 19.6 Å². The number of fused-ring (bicyclic) bond motifs is 1. The SMILES string of the molecule is NNc1cc(-c2ccccc2)nc2cc(-c3ccncc3)nn12. The Labute approximate surface area is 132 Å². The van der Waals surface area contributed by atoms with Crippen molar-refractivity contribution in [3.8, 4) is 22.5 Å². The van der Waals surface area contributed by atoms with Gasteiger partial charge in [-0.3, -0.25) is 4.98 Å². The van der Waals surface area contributed by atoms with Crippen LogP contribution >= 0.6 is 0 Å². The summed E-state index contributed by atoms with van der Waals surface area (Å²) < 4.78 is 1.70. The topological polar surface area (TPSA) is 81.1 Å². The molecule has 6 heteroatoms. The van der Waals surface area contributed by atoms with E-state index >= 15 is 0 Å². The normalized spacial score (nSPS) is 10.8. The minimum atomic E-state index is 0.675. The van der Waals surface area contributed by atoms with Crippen LogP contribution in [0.25, 0.3) is 28.2 Å². The number of hydrogen-bond acceptors (Lipinski definition) is 5. The molecule has 0 amide bonds. The molecule has 0 atom stereocenters. The van der Waals surface area contributed by atoms with Crippen molar-refractivity contribution in [1.29, 1.82) is 0 Å². The first-order valence-corrected chi connectivity index (χ1v) is 7.18. The molecular weight excluding hydrogens is 288 g/mol. The van der Waals surface area contributed by atoms with Gasteiger partial charge in [0, 0.05) is 35.7 Å². The Morgan fingerprint density at radius 1 is 0.870 bits per heavy atom. The zero-order valence-electron chi connectivity index (χ0n) is 12.2. The van der Waals surface area contributed by atoms with Crippen molar-refractivity contribution in [3.05, 3.63) is 67.0 Å². The molecule has 0 fully saturated rings. The predicted octanol–water partition coefficient (Wildman–Crippen LogP) is 2.74. The third-order valence-electron chi connectivity index (χ3n) is 3.62. The van der Waals surface area contributed by atoms with Crippen molar-refractivity contribution in [2.45, 2.75) is 0 Å². The van der Waals surface area contributed by atoms with E-state index in [0.29, 0.717) is 5.82 Å². The summed E-state index contributed by atoms with van der Waals surface area (Å²) in [5.41, 5.74) is 7.09. The maximum absolute atomic E-state index is 5.66. The molecule has 1 aromatic carbocycles. The predicted molar refractivity (Wildman–Crippen MR) is 89.5 cm³/mol. The number of nitrogens with one attached hydrogen (secondary N) is 1. The van der Waals surface area contributed by atoms with Gasteiger partial charge in [-0.05, 0) is 12.1 Å². The summed E-state index contributed by atoms with van der Waals surface area (Å²) in [6.45, 7) is 0. The minimum Gasteiger partial charge on any atom is -0.308 e. The zero-order chi connectivity index (χ0) is 15.6. The highest BCUT2D eigenvalue weighted by Crippen LogP contribution is 2.25. The quantitative estimate of drug-likeness (QED) is 0.449. The molecule has 112 valence electrons. The summed E-state index contributed by atoms with van der Waals surface area (Å²) >= 11 is 0. The average molecular weight is 302 g/mol. The van der Waals surface area contributed by atoms with E-state index in [-0.39, 0.29) is 0 Å². The van der Waals surface area contributed by atoms with Crippen LogP contribution in [0.2, 0.25) is 0 Å². The molecule has 0 spiro atoms. The Morgan fingerprint density at radius 2 is 1.61 bits per heavy atom. The van der Waals surface area contributed by atoms with Gasteiger partial charge in [0.25, 0.3) is 0 Å². The molecule has 0 aliphatic heterocycles. The van der Waals surface area contributed by atoms with Gasteiger partial charge in [0.15, 0.2) is 5.65 Å². The van der Waals surface area contributed by atoms with E-state index in [1.165, 1.54) is 0 Å². The molecule has 0 unspecified atom stereocenters. The van der Waals surface area contributed by atoms with E-state index in [1.807, 2.05) is 54.6 Å². The summed E-state index contributed by atoms with van der Waals surface area (Å²) in [5.74, 6) is 6.34. The molecule has 23 heavy (non-hydrogen) atoms. The monoisotopic (exact) mass is 302 g/mol. The first kappa shape index (κ1) is 13.4. The van der Waals surface area contributed by atoms with Crippen LogP contribution in [0.4, 0.5) is 5.82 Å². The van der Waals surface area contributed by atoms with Gasteiger partial charge < -0.3 is 5.43 Å². The lowest BCUT2D eigenvalue weighted by molar-refractivity contribution is 0.941. The van der Waals surface area contributed by atoms with Gasteiger partial charge in [-0.15, -0.1) is 0 Å². The van der Waals surface area contributed by atoms with Gasteiger partial charge in [-0.1, -0.05) is 30.3 Å². The number of hydrogen-bond donors (Lipinski definition) is 2. The highest BCUT2D eigenvalue weighted by Gasteiger charge is 2.11. The second-order valence-electron chi connectivity index (χ2n) is 5.07. The van der Waals surface area contributed by atoms with Gasteiger partial charge in [0.2, 0.25) is 0 Å². The number of nitrogen functional groups attached to an aromatic ring is 1. The number of anilines is 1. The van der Waals surface area contributed by atoms with Gasteiger partial charge in [0.05, 0.1) is 11.4 Å². The highest BCUT2D eigenvalue weighted by atomic mass is 15.4. The zero-order valence-corrected chi connectivity index (χ0v) is 12.2. The number of aromatic nitrogens is 4. The Hall–Kier alpha value is -3.25. The van der Waals surface area contributed by atoms with Crippen LogP contribution in [-0.2, 0) is 0 Å². The van der Waals surface area contributed by atoms with Crippen LogP contribution in [0.5, 0.6) is 0 Å². The molecule has 3 aromatic heterocycles. The molecule has 0 radical (unpaired) electrons. The molecule has 4 rings (SSSR count). The van der Waals surface area contributed by atoms with E-state index in [9.17, 15) is 0 Å². The summed E-state index contributed by atoms with van der Waals surface area (Å²) in [6.07, 6.45) is 3.48. The summed E-state index contributed by atoms with van der Waals surface area (Å²) in [6, 6.07) is 17.6. The second kappa shape index (κ2) is 5.51.